The van der Waals surface area contributed by atoms with E-state index in [1.807, 2.05) is 60.7 Å². The maximum Gasteiger partial charge on any atom is 0.165 e. The number of para-hydroxylation sites is 2. The Hall–Kier alpha value is -6.43. The largest absolute Gasteiger partial charge is 0.309 e. The lowest BCUT2D eigenvalue weighted by Gasteiger charge is -2.09. The quantitative estimate of drug-likeness (QED) is 0.185. The average Bonchev–Trinajstić information content (AvgIpc) is 3.74. The maximum absolute atomic E-state index is 5.06. The summed E-state index contributed by atoms with van der Waals surface area (Å²) in [6.07, 6.45) is 0. The average molecular weight is 657 g/mol. The summed E-state index contributed by atoms with van der Waals surface area (Å²) in [6, 6.07) is 59.7. The van der Waals surface area contributed by atoms with Crippen molar-refractivity contribution < 1.29 is 0 Å². The molecular formula is C45H28N4S. The summed E-state index contributed by atoms with van der Waals surface area (Å²) < 4.78 is 4.78. The van der Waals surface area contributed by atoms with E-state index >= 15 is 0 Å². The fraction of sp³-hybridized carbons (Fsp3) is 0. The summed E-state index contributed by atoms with van der Waals surface area (Å²) in [5.74, 6) is 2.00. The number of fused-ring (bicyclic) bond motifs is 6. The Morgan fingerprint density at radius 1 is 0.400 bits per heavy atom. The van der Waals surface area contributed by atoms with E-state index in [1.54, 1.807) is 11.3 Å². The first-order chi connectivity index (χ1) is 24.8. The molecule has 0 aliphatic carbocycles. The molecular weight excluding hydrogens is 629 g/mol. The molecule has 0 radical (unpaired) electrons. The number of hydrogen-bond acceptors (Lipinski definition) is 4. The minimum atomic E-state index is 0.664. The van der Waals surface area contributed by atoms with Crippen molar-refractivity contribution in [2.24, 2.45) is 0 Å². The molecule has 0 amide bonds. The van der Waals surface area contributed by atoms with Crippen LogP contribution in [0.1, 0.15) is 0 Å². The van der Waals surface area contributed by atoms with Gasteiger partial charge in [0, 0.05) is 53.3 Å². The van der Waals surface area contributed by atoms with Crippen molar-refractivity contribution in [2.45, 2.75) is 0 Å². The van der Waals surface area contributed by atoms with Crippen LogP contribution in [0.3, 0.4) is 0 Å². The Morgan fingerprint density at radius 3 is 1.72 bits per heavy atom. The van der Waals surface area contributed by atoms with Crippen LogP contribution in [0.25, 0.3) is 93.0 Å². The normalized spacial score (nSPS) is 11.6. The topological polar surface area (TPSA) is 43.6 Å². The summed E-state index contributed by atoms with van der Waals surface area (Å²) in [4.78, 5) is 15.0. The lowest BCUT2D eigenvalue weighted by atomic mass is 9.97. The first-order valence-corrected chi connectivity index (χ1v) is 17.5. The van der Waals surface area contributed by atoms with Gasteiger partial charge in [-0.25, -0.2) is 15.0 Å². The maximum atomic E-state index is 5.06. The van der Waals surface area contributed by atoms with Crippen LogP contribution in [-0.2, 0) is 0 Å². The third-order valence-corrected chi connectivity index (χ3v) is 10.7. The van der Waals surface area contributed by atoms with Gasteiger partial charge in [0.2, 0.25) is 0 Å². The summed E-state index contributed by atoms with van der Waals surface area (Å²) in [5.41, 5.74) is 8.92. The number of benzene rings is 7. The van der Waals surface area contributed by atoms with Crippen LogP contribution in [0.4, 0.5) is 0 Å². The summed E-state index contributed by atoms with van der Waals surface area (Å²) in [7, 11) is 0. The molecule has 0 spiro atoms. The van der Waals surface area contributed by atoms with Gasteiger partial charge in [-0.2, -0.15) is 0 Å². The van der Waals surface area contributed by atoms with Crippen molar-refractivity contribution in [3.05, 3.63) is 170 Å². The zero-order valence-electron chi connectivity index (χ0n) is 26.9. The van der Waals surface area contributed by atoms with Gasteiger partial charge in [0.05, 0.1) is 11.0 Å². The van der Waals surface area contributed by atoms with Crippen molar-refractivity contribution in [1.82, 2.24) is 19.5 Å². The molecule has 0 saturated carbocycles. The van der Waals surface area contributed by atoms with E-state index in [0.29, 0.717) is 17.5 Å². The van der Waals surface area contributed by atoms with Crippen molar-refractivity contribution in [3.63, 3.8) is 0 Å². The van der Waals surface area contributed by atoms with Crippen LogP contribution in [-0.4, -0.2) is 19.5 Å². The standard InChI is InChI=1S/C45H28N4S/c1-4-14-29(15-5-1)43-46-44(30-16-6-2-7-17-30)48-45(47-43)36-23-12-22-34-37-28-31(26-27-40(37)50-42(34)36)33-21-13-25-39-41(33)35-20-10-11-24-38(35)49(39)32-18-8-3-9-19-32/h1-28H. The van der Waals surface area contributed by atoms with Gasteiger partial charge >= 0.3 is 0 Å². The van der Waals surface area contributed by atoms with Crippen LogP contribution in [0.2, 0.25) is 0 Å². The third-order valence-electron chi connectivity index (χ3n) is 9.46. The lowest BCUT2D eigenvalue weighted by Crippen LogP contribution is -2.00. The van der Waals surface area contributed by atoms with Crippen LogP contribution < -0.4 is 0 Å². The number of hydrogen-bond donors (Lipinski definition) is 0. The van der Waals surface area contributed by atoms with Gasteiger partial charge in [-0.05, 0) is 53.6 Å². The molecule has 0 aliphatic heterocycles. The molecule has 50 heavy (non-hydrogen) atoms. The first kappa shape index (κ1) is 28.6. The van der Waals surface area contributed by atoms with Crippen LogP contribution in [0.5, 0.6) is 0 Å². The van der Waals surface area contributed by atoms with Crippen LogP contribution in [0, 0.1) is 0 Å². The summed E-state index contributed by atoms with van der Waals surface area (Å²) >= 11 is 1.79. The highest BCUT2D eigenvalue weighted by molar-refractivity contribution is 7.26. The van der Waals surface area contributed by atoms with Gasteiger partial charge in [-0.15, -0.1) is 11.3 Å². The highest BCUT2D eigenvalue weighted by Crippen LogP contribution is 2.43. The van der Waals surface area contributed by atoms with Gasteiger partial charge in [0.25, 0.3) is 0 Å². The van der Waals surface area contributed by atoms with Gasteiger partial charge in [-0.1, -0.05) is 127 Å². The number of aromatic nitrogens is 4. The van der Waals surface area contributed by atoms with Crippen LogP contribution >= 0.6 is 11.3 Å². The van der Waals surface area contributed by atoms with E-state index < -0.39 is 0 Å². The molecule has 7 aromatic carbocycles. The summed E-state index contributed by atoms with van der Waals surface area (Å²) in [6.45, 7) is 0. The van der Waals surface area contributed by atoms with E-state index in [4.69, 9.17) is 15.0 Å². The van der Waals surface area contributed by atoms with Gasteiger partial charge in [0.15, 0.2) is 17.5 Å². The Kier molecular flexibility index (Phi) is 6.64. The molecule has 0 atom stereocenters. The second-order valence-corrected chi connectivity index (χ2v) is 13.5. The predicted octanol–water partition coefficient (Wildman–Crippen LogP) is 12.0. The molecule has 234 valence electrons. The van der Waals surface area contributed by atoms with E-state index in [-0.39, 0.29) is 0 Å². The van der Waals surface area contributed by atoms with Crippen LogP contribution in [0.15, 0.2) is 170 Å². The van der Waals surface area contributed by atoms with Crippen molar-refractivity contribution in [1.29, 1.82) is 0 Å². The Labute approximate surface area is 292 Å². The van der Waals surface area contributed by atoms with Crippen molar-refractivity contribution in [2.75, 3.05) is 0 Å². The van der Waals surface area contributed by atoms with Gasteiger partial charge < -0.3 is 4.57 Å². The molecule has 10 aromatic rings. The molecule has 4 nitrogen and oxygen atoms in total. The molecule has 0 bridgehead atoms. The van der Waals surface area contributed by atoms with Crippen molar-refractivity contribution >= 4 is 53.3 Å². The zero-order valence-corrected chi connectivity index (χ0v) is 27.7. The Balaban J connectivity index is 1.17. The number of thiophene rings is 1. The van der Waals surface area contributed by atoms with Crippen molar-refractivity contribution in [3.8, 4) is 51.0 Å². The molecule has 0 unspecified atom stereocenters. The molecule has 5 heteroatoms. The molecule has 10 rings (SSSR count). The van der Waals surface area contributed by atoms with E-state index in [0.717, 1.165) is 22.4 Å². The number of rotatable bonds is 5. The second kappa shape index (κ2) is 11.6. The van der Waals surface area contributed by atoms with E-state index in [2.05, 4.69) is 114 Å². The van der Waals surface area contributed by atoms with E-state index in [9.17, 15) is 0 Å². The predicted molar refractivity (Wildman–Crippen MR) is 209 cm³/mol. The lowest BCUT2D eigenvalue weighted by molar-refractivity contribution is 1.08. The SMILES string of the molecule is c1ccc(-c2nc(-c3ccccc3)nc(-c3cccc4c3sc3ccc(-c5cccc6c5c5ccccc5n6-c5ccccc5)cc34)n2)cc1. The molecule has 0 aliphatic rings. The Morgan fingerprint density at radius 2 is 0.980 bits per heavy atom. The highest BCUT2D eigenvalue weighted by atomic mass is 32.1. The summed E-state index contributed by atoms with van der Waals surface area (Å²) in [5, 5.41) is 4.94. The smallest absolute Gasteiger partial charge is 0.165 e. The Bertz CT molecular complexity index is 2800. The zero-order chi connectivity index (χ0) is 33.0. The first-order valence-electron chi connectivity index (χ1n) is 16.7. The van der Waals surface area contributed by atoms with Gasteiger partial charge in [-0.3, -0.25) is 0 Å². The monoisotopic (exact) mass is 656 g/mol. The molecule has 0 N–H and O–H groups in total. The molecule has 0 saturated heterocycles. The highest BCUT2D eigenvalue weighted by Gasteiger charge is 2.19. The fourth-order valence-corrected chi connectivity index (χ4v) is 8.38. The number of nitrogens with zero attached hydrogens (tertiary/aromatic N) is 4. The second-order valence-electron chi connectivity index (χ2n) is 12.4. The third kappa shape index (κ3) is 4.63. The molecule has 0 fully saturated rings. The minimum absolute atomic E-state index is 0.664. The van der Waals surface area contributed by atoms with Gasteiger partial charge in [0.1, 0.15) is 0 Å². The molecule has 3 heterocycles. The fourth-order valence-electron chi connectivity index (χ4n) is 7.19. The molecule has 3 aromatic heterocycles. The minimum Gasteiger partial charge on any atom is -0.309 e. The van der Waals surface area contributed by atoms with E-state index in [1.165, 1.54) is 53.1 Å².